The highest BCUT2D eigenvalue weighted by Crippen LogP contribution is 2.43. The van der Waals surface area contributed by atoms with Gasteiger partial charge in [-0.15, -0.1) is 0 Å². The third kappa shape index (κ3) is 3.68. The molecule has 0 spiro atoms. The Hall–Kier alpha value is -3.48. The Morgan fingerprint density at radius 1 is 1.09 bits per heavy atom. The monoisotopic (exact) mass is 436 g/mol. The largest absolute Gasteiger partial charge is 0.493 e. The van der Waals surface area contributed by atoms with Crippen LogP contribution in [0.2, 0.25) is 0 Å². The maximum atomic E-state index is 12.9. The van der Waals surface area contributed by atoms with E-state index in [1.54, 1.807) is 12.0 Å². The molecule has 1 aliphatic rings. The van der Waals surface area contributed by atoms with Gasteiger partial charge >= 0.3 is 5.97 Å². The van der Waals surface area contributed by atoms with Gasteiger partial charge in [-0.2, -0.15) is 0 Å². The highest BCUT2D eigenvalue weighted by Gasteiger charge is 2.43. The maximum absolute atomic E-state index is 12.9. The molecule has 168 valence electrons. The fourth-order valence-corrected chi connectivity index (χ4v) is 4.55. The van der Waals surface area contributed by atoms with Crippen LogP contribution in [0.4, 0.5) is 0 Å². The summed E-state index contributed by atoms with van der Waals surface area (Å²) in [7, 11) is 2.93. The molecule has 2 heterocycles. The molecule has 1 amide bonds. The number of rotatable bonds is 5. The second-order valence-corrected chi connectivity index (χ2v) is 8.21. The summed E-state index contributed by atoms with van der Waals surface area (Å²) in [4.78, 5) is 30.7. The summed E-state index contributed by atoms with van der Waals surface area (Å²) in [6.07, 6.45) is 0.371. The number of aromatic amines is 1. The summed E-state index contributed by atoms with van der Waals surface area (Å²) in [6.45, 7) is 5.37. The molecule has 4 rings (SSSR count). The number of H-pyrrole nitrogens is 1. The number of nitrogens with one attached hydrogen (secondary N) is 1. The number of hydrogen-bond donors (Lipinski definition) is 1. The average Bonchev–Trinajstić information content (AvgIpc) is 3.15. The average molecular weight is 437 g/mol. The molecule has 1 aliphatic heterocycles. The first-order valence-corrected chi connectivity index (χ1v) is 10.7. The molecule has 7 nitrogen and oxygen atoms in total. The summed E-state index contributed by atoms with van der Waals surface area (Å²) in [5.41, 5.74) is 3.68. The van der Waals surface area contributed by atoms with Gasteiger partial charge in [-0.3, -0.25) is 4.79 Å². The number of nitrogens with zero attached hydrogens (tertiary/aromatic N) is 1. The summed E-state index contributed by atoms with van der Waals surface area (Å²) < 4.78 is 16.5. The van der Waals surface area contributed by atoms with E-state index in [1.807, 2.05) is 56.3 Å². The number of carbonyl (C=O) groups excluding carboxylic acids is 2. The fraction of sp³-hybridized carbons (Fsp3) is 0.360. The second-order valence-electron chi connectivity index (χ2n) is 8.21. The van der Waals surface area contributed by atoms with Crippen LogP contribution < -0.4 is 9.47 Å². The zero-order valence-corrected chi connectivity index (χ0v) is 19.0. The van der Waals surface area contributed by atoms with Gasteiger partial charge in [0.1, 0.15) is 6.04 Å². The Kier molecular flexibility index (Phi) is 5.82. The van der Waals surface area contributed by atoms with Crippen LogP contribution >= 0.6 is 0 Å². The van der Waals surface area contributed by atoms with Crippen LogP contribution in [-0.2, 0) is 20.7 Å². The minimum absolute atomic E-state index is 0.0119. The number of ether oxygens (including phenoxy) is 3. The minimum Gasteiger partial charge on any atom is -0.493 e. The number of benzene rings is 2. The van der Waals surface area contributed by atoms with Crippen molar-refractivity contribution in [3.8, 4) is 11.5 Å². The summed E-state index contributed by atoms with van der Waals surface area (Å²) >= 11 is 0. The van der Waals surface area contributed by atoms with Crippen LogP contribution in [0.5, 0.6) is 11.5 Å². The lowest BCUT2D eigenvalue weighted by molar-refractivity contribution is -0.154. The molecule has 7 heteroatoms. The van der Waals surface area contributed by atoms with Crippen molar-refractivity contribution in [1.82, 2.24) is 9.88 Å². The smallest absolute Gasteiger partial charge is 0.328 e. The Bertz CT molecular complexity index is 1170. The van der Waals surface area contributed by atoms with Gasteiger partial charge in [0.2, 0.25) is 5.91 Å². The quantitative estimate of drug-likeness (QED) is 0.612. The molecule has 2 aromatic carbocycles. The predicted octanol–water partition coefficient (Wildman–Crippen LogP) is 4.00. The zero-order valence-electron chi connectivity index (χ0n) is 19.0. The van der Waals surface area contributed by atoms with Crippen molar-refractivity contribution in [2.24, 2.45) is 0 Å². The van der Waals surface area contributed by atoms with Gasteiger partial charge in [-0.25, -0.2) is 4.79 Å². The molecule has 0 aliphatic carbocycles. The molecule has 0 unspecified atom stereocenters. The van der Waals surface area contributed by atoms with Crippen molar-refractivity contribution in [2.75, 3.05) is 14.2 Å². The topological polar surface area (TPSA) is 80.9 Å². The third-order valence-corrected chi connectivity index (χ3v) is 5.83. The van der Waals surface area contributed by atoms with Gasteiger partial charge in [-0.1, -0.05) is 24.3 Å². The van der Waals surface area contributed by atoms with Crippen LogP contribution in [0.15, 0.2) is 42.5 Å². The first kappa shape index (κ1) is 21.7. The lowest BCUT2D eigenvalue weighted by Gasteiger charge is -2.40. The van der Waals surface area contributed by atoms with E-state index < -0.39 is 18.1 Å². The lowest BCUT2D eigenvalue weighted by atomic mass is 9.87. The first-order valence-electron chi connectivity index (χ1n) is 10.7. The van der Waals surface area contributed by atoms with Gasteiger partial charge in [0.05, 0.1) is 26.4 Å². The van der Waals surface area contributed by atoms with Crippen molar-refractivity contribution < 1.29 is 23.8 Å². The molecular weight excluding hydrogens is 408 g/mol. The standard InChI is InChI=1S/C25H28N2O5/c1-14(2)32-21-11-10-16(12-22(21)30-4)24-23-18(17-8-6-7-9-19(17)26-23)13-20(25(29)31-5)27(24)15(3)28/h6-12,14,20,24,26H,13H2,1-5H3/t20-,24+/m1/s1. The number of esters is 1. The summed E-state index contributed by atoms with van der Waals surface area (Å²) in [6, 6.07) is 12.3. The Morgan fingerprint density at radius 2 is 1.84 bits per heavy atom. The number of para-hydroxylation sites is 1. The van der Waals surface area contributed by atoms with E-state index in [4.69, 9.17) is 14.2 Å². The molecule has 2 atom stereocenters. The highest BCUT2D eigenvalue weighted by molar-refractivity contribution is 5.90. The molecule has 3 aromatic rings. The van der Waals surface area contributed by atoms with Gasteiger partial charge in [0.25, 0.3) is 0 Å². The van der Waals surface area contributed by atoms with Crippen LogP contribution in [0, 0.1) is 0 Å². The van der Waals surface area contributed by atoms with E-state index in [1.165, 1.54) is 14.0 Å². The number of amides is 1. The lowest BCUT2D eigenvalue weighted by Crippen LogP contribution is -2.51. The van der Waals surface area contributed by atoms with E-state index in [0.717, 1.165) is 27.7 Å². The van der Waals surface area contributed by atoms with E-state index in [9.17, 15) is 9.59 Å². The van der Waals surface area contributed by atoms with Crippen molar-refractivity contribution in [1.29, 1.82) is 0 Å². The first-order chi connectivity index (χ1) is 15.3. The predicted molar refractivity (Wildman–Crippen MR) is 121 cm³/mol. The van der Waals surface area contributed by atoms with Crippen LogP contribution in [0.25, 0.3) is 10.9 Å². The molecule has 0 bridgehead atoms. The zero-order chi connectivity index (χ0) is 23.0. The fourth-order valence-electron chi connectivity index (χ4n) is 4.55. The Morgan fingerprint density at radius 3 is 2.50 bits per heavy atom. The molecule has 32 heavy (non-hydrogen) atoms. The maximum Gasteiger partial charge on any atom is 0.328 e. The number of carbonyl (C=O) groups is 2. The van der Waals surface area contributed by atoms with E-state index >= 15 is 0 Å². The molecule has 1 N–H and O–H groups in total. The second kappa shape index (κ2) is 8.57. The number of aromatic nitrogens is 1. The van der Waals surface area contributed by atoms with E-state index in [-0.39, 0.29) is 12.0 Å². The van der Waals surface area contributed by atoms with Crippen LogP contribution in [0.3, 0.4) is 0 Å². The van der Waals surface area contributed by atoms with Gasteiger partial charge in [0.15, 0.2) is 11.5 Å². The van der Waals surface area contributed by atoms with Crippen LogP contribution in [-0.4, -0.2) is 48.1 Å². The third-order valence-electron chi connectivity index (χ3n) is 5.83. The normalized spacial score (nSPS) is 17.9. The molecule has 0 fully saturated rings. The van der Waals surface area contributed by atoms with Gasteiger partial charge in [0, 0.05) is 29.9 Å². The van der Waals surface area contributed by atoms with Crippen molar-refractivity contribution >= 4 is 22.8 Å². The SMILES string of the molecule is COC(=O)[C@H]1Cc2c([nH]c3ccccc23)[C@H](c2ccc(OC(C)C)c(OC)c2)N1C(C)=O. The molecule has 1 aromatic heterocycles. The molecular formula is C25H28N2O5. The van der Waals surface area contributed by atoms with Crippen molar-refractivity contribution in [3.05, 3.63) is 59.3 Å². The number of fused-ring (bicyclic) bond motifs is 3. The summed E-state index contributed by atoms with van der Waals surface area (Å²) in [5, 5.41) is 1.04. The van der Waals surface area contributed by atoms with Crippen molar-refractivity contribution in [2.45, 2.75) is 45.4 Å². The number of methoxy groups -OCH3 is 2. The highest BCUT2D eigenvalue weighted by atomic mass is 16.5. The van der Waals surface area contributed by atoms with Crippen LogP contribution in [0.1, 0.15) is 43.6 Å². The van der Waals surface area contributed by atoms with E-state index in [2.05, 4.69) is 4.98 Å². The van der Waals surface area contributed by atoms with Crippen molar-refractivity contribution in [3.63, 3.8) is 0 Å². The van der Waals surface area contributed by atoms with E-state index in [0.29, 0.717) is 17.9 Å². The van der Waals surface area contributed by atoms with Gasteiger partial charge in [-0.05, 0) is 43.2 Å². The Balaban J connectivity index is 1.93. The Labute approximate surface area is 187 Å². The molecule has 0 radical (unpaired) electrons. The minimum atomic E-state index is -0.730. The molecule has 0 saturated carbocycles. The van der Waals surface area contributed by atoms with Gasteiger partial charge < -0.3 is 24.1 Å². The number of hydrogen-bond acceptors (Lipinski definition) is 5. The molecule has 0 saturated heterocycles. The summed E-state index contributed by atoms with van der Waals surface area (Å²) in [5.74, 6) is 0.541.